The van der Waals surface area contributed by atoms with Crippen LogP contribution >= 0.6 is 23.1 Å². The molecule has 0 spiro atoms. The second-order valence-electron chi connectivity index (χ2n) is 6.75. The number of rotatable bonds is 3. The van der Waals surface area contributed by atoms with Gasteiger partial charge in [-0.1, -0.05) is 11.8 Å². The van der Waals surface area contributed by atoms with E-state index in [1.165, 1.54) is 34.3 Å². The normalized spacial score (nSPS) is 15.6. The van der Waals surface area contributed by atoms with Gasteiger partial charge < -0.3 is 9.47 Å². The van der Waals surface area contributed by atoms with Crippen molar-refractivity contribution in [2.24, 2.45) is 7.05 Å². The maximum Gasteiger partial charge on any atom is 0.262 e. The lowest BCUT2D eigenvalue weighted by Crippen LogP contribution is -2.20. The zero-order valence-corrected chi connectivity index (χ0v) is 16.3. The van der Waals surface area contributed by atoms with Gasteiger partial charge in [0.05, 0.1) is 12.0 Å². The number of nitrogens with zero attached hydrogens (tertiary/aromatic N) is 2. The molecule has 1 aliphatic carbocycles. The van der Waals surface area contributed by atoms with Gasteiger partial charge in [-0.05, 0) is 37.0 Å². The summed E-state index contributed by atoms with van der Waals surface area (Å²) in [5, 5.41) is 1.42. The molecule has 0 unspecified atom stereocenters. The molecule has 140 valence electrons. The van der Waals surface area contributed by atoms with Gasteiger partial charge in [-0.25, -0.2) is 9.37 Å². The minimum atomic E-state index is -0.314. The van der Waals surface area contributed by atoms with Gasteiger partial charge in [-0.2, -0.15) is 0 Å². The van der Waals surface area contributed by atoms with E-state index < -0.39 is 0 Å². The Hall–Kier alpha value is -1.90. The van der Waals surface area contributed by atoms with Crippen molar-refractivity contribution in [3.05, 3.63) is 49.9 Å². The highest BCUT2D eigenvalue weighted by Gasteiger charge is 2.23. The van der Waals surface area contributed by atoms with Gasteiger partial charge in [0.15, 0.2) is 11.9 Å². The monoisotopic (exact) mass is 404 g/mol. The van der Waals surface area contributed by atoms with Crippen LogP contribution in [0, 0.1) is 5.82 Å². The van der Waals surface area contributed by atoms with E-state index >= 15 is 0 Å². The van der Waals surface area contributed by atoms with Crippen molar-refractivity contribution in [2.75, 3.05) is 6.79 Å². The number of hydrogen-bond acceptors (Lipinski definition) is 6. The summed E-state index contributed by atoms with van der Waals surface area (Å²) in [6.07, 6.45) is 3.12. The molecule has 5 rings (SSSR count). The summed E-state index contributed by atoms with van der Waals surface area (Å²) in [6.45, 7) is 0.508. The molecule has 0 bridgehead atoms. The average Bonchev–Trinajstić information content (AvgIpc) is 3.23. The Morgan fingerprint density at radius 1 is 1.37 bits per heavy atom. The molecule has 2 aliphatic rings. The molecule has 0 saturated carbocycles. The van der Waals surface area contributed by atoms with Gasteiger partial charge >= 0.3 is 0 Å². The molecule has 1 aliphatic heterocycles. The third kappa shape index (κ3) is 2.86. The zero-order chi connectivity index (χ0) is 18.5. The predicted molar refractivity (Wildman–Crippen MR) is 103 cm³/mol. The van der Waals surface area contributed by atoms with Crippen molar-refractivity contribution in [3.8, 4) is 5.75 Å². The van der Waals surface area contributed by atoms with E-state index in [-0.39, 0.29) is 18.2 Å². The number of ether oxygens (including phenoxy) is 2. The zero-order valence-electron chi connectivity index (χ0n) is 14.7. The number of thioether (sulfide) groups is 1. The Kier molecular flexibility index (Phi) is 4.22. The average molecular weight is 404 g/mol. The summed E-state index contributed by atoms with van der Waals surface area (Å²) in [6, 6.07) is 2.92. The summed E-state index contributed by atoms with van der Waals surface area (Å²) in [5.74, 6) is 0.832. The van der Waals surface area contributed by atoms with E-state index in [0.717, 1.165) is 35.0 Å². The molecule has 0 radical (unpaired) electrons. The van der Waals surface area contributed by atoms with Crippen molar-refractivity contribution >= 4 is 33.3 Å². The molecule has 1 aromatic carbocycles. The number of fused-ring (bicyclic) bond motifs is 4. The highest BCUT2D eigenvalue weighted by Crippen LogP contribution is 2.37. The molecule has 3 aromatic rings. The SMILES string of the molecule is Cn1c(SCc2cc(F)cc3c2OCOC3)nc2sc3c(c2c1=O)CCC3. The topological polar surface area (TPSA) is 53.4 Å². The number of thiophene rings is 1. The van der Waals surface area contributed by atoms with E-state index in [1.807, 2.05) is 0 Å². The summed E-state index contributed by atoms with van der Waals surface area (Å²) >= 11 is 3.05. The van der Waals surface area contributed by atoms with Crippen LogP contribution in [-0.2, 0) is 37.0 Å². The standard InChI is InChI=1S/C19H17FN2O3S2/c1-22-18(23)15-13-3-2-4-14(13)27-17(15)21-19(22)26-8-11-6-12(20)5-10-7-24-9-25-16(10)11/h5-6H,2-4,7-9H2,1H3. The lowest BCUT2D eigenvalue weighted by Gasteiger charge is -2.20. The van der Waals surface area contributed by atoms with Gasteiger partial charge in [0.25, 0.3) is 5.56 Å². The number of aromatic nitrogens is 2. The van der Waals surface area contributed by atoms with Gasteiger partial charge in [0.1, 0.15) is 16.4 Å². The van der Waals surface area contributed by atoms with Crippen molar-refractivity contribution < 1.29 is 13.9 Å². The van der Waals surface area contributed by atoms with Crippen LogP contribution in [0.1, 0.15) is 28.0 Å². The number of aryl methyl sites for hydroxylation is 2. The fourth-order valence-corrected chi connectivity index (χ4v) is 5.98. The van der Waals surface area contributed by atoms with Crippen LogP contribution in [-0.4, -0.2) is 16.3 Å². The van der Waals surface area contributed by atoms with Crippen LogP contribution in [0.25, 0.3) is 10.2 Å². The van der Waals surface area contributed by atoms with Crippen molar-refractivity contribution in [2.45, 2.75) is 36.8 Å². The molecule has 0 saturated heterocycles. The molecular formula is C19H17FN2O3S2. The molecule has 0 N–H and O–H groups in total. The number of hydrogen-bond donors (Lipinski definition) is 0. The molecule has 2 aromatic heterocycles. The fourth-order valence-electron chi connectivity index (χ4n) is 3.74. The minimum absolute atomic E-state index is 0.00724. The first-order chi connectivity index (χ1) is 13.1. The second kappa shape index (κ2) is 6.61. The molecule has 0 fully saturated rings. The van der Waals surface area contributed by atoms with E-state index in [4.69, 9.17) is 14.5 Å². The van der Waals surface area contributed by atoms with E-state index in [2.05, 4.69) is 0 Å². The Morgan fingerprint density at radius 2 is 2.26 bits per heavy atom. The van der Waals surface area contributed by atoms with Crippen LogP contribution in [0.15, 0.2) is 22.1 Å². The Balaban J connectivity index is 1.50. The van der Waals surface area contributed by atoms with Crippen molar-refractivity contribution in [1.29, 1.82) is 0 Å². The van der Waals surface area contributed by atoms with Crippen LogP contribution in [0.3, 0.4) is 0 Å². The van der Waals surface area contributed by atoms with E-state index in [9.17, 15) is 9.18 Å². The summed E-state index contributed by atoms with van der Waals surface area (Å²) in [4.78, 5) is 19.7. The van der Waals surface area contributed by atoms with Gasteiger partial charge in [0, 0.05) is 28.8 Å². The maximum atomic E-state index is 13.9. The lowest BCUT2D eigenvalue weighted by atomic mass is 10.1. The van der Waals surface area contributed by atoms with Crippen LogP contribution < -0.4 is 10.3 Å². The van der Waals surface area contributed by atoms with E-state index in [1.54, 1.807) is 23.0 Å². The molecular weight excluding hydrogens is 387 g/mol. The predicted octanol–water partition coefficient (Wildman–Crippen LogP) is 3.78. The van der Waals surface area contributed by atoms with Gasteiger partial charge in [-0.3, -0.25) is 9.36 Å². The first-order valence-electron chi connectivity index (χ1n) is 8.77. The molecule has 3 heterocycles. The third-order valence-electron chi connectivity index (χ3n) is 5.01. The number of benzene rings is 1. The van der Waals surface area contributed by atoms with Crippen LogP contribution in [0.4, 0.5) is 4.39 Å². The summed E-state index contributed by atoms with van der Waals surface area (Å²) in [5.41, 5.74) is 2.66. The molecule has 0 atom stereocenters. The van der Waals surface area contributed by atoms with Crippen molar-refractivity contribution in [3.63, 3.8) is 0 Å². The maximum absolute atomic E-state index is 13.9. The van der Waals surface area contributed by atoms with Gasteiger partial charge in [-0.15, -0.1) is 11.3 Å². The first-order valence-corrected chi connectivity index (χ1v) is 10.6. The smallest absolute Gasteiger partial charge is 0.262 e. The van der Waals surface area contributed by atoms with Crippen LogP contribution in [0.2, 0.25) is 0 Å². The largest absolute Gasteiger partial charge is 0.467 e. The quantitative estimate of drug-likeness (QED) is 0.491. The Bertz CT molecular complexity index is 1120. The number of halogens is 1. The second-order valence-corrected chi connectivity index (χ2v) is 8.77. The fraction of sp³-hybridized carbons (Fsp3) is 0.368. The summed E-state index contributed by atoms with van der Waals surface area (Å²) in [7, 11) is 1.75. The highest BCUT2D eigenvalue weighted by molar-refractivity contribution is 7.98. The Morgan fingerprint density at radius 3 is 3.15 bits per heavy atom. The third-order valence-corrected chi connectivity index (χ3v) is 7.28. The van der Waals surface area contributed by atoms with Crippen molar-refractivity contribution in [1.82, 2.24) is 9.55 Å². The molecule has 5 nitrogen and oxygen atoms in total. The van der Waals surface area contributed by atoms with E-state index in [0.29, 0.717) is 28.8 Å². The lowest BCUT2D eigenvalue weighted by molar-refractivity contribution is -0.0171. The molecule has 8 heteroatoms. The Labute approximate surface area is 163 Å². The highest BCUT2D eigenvalue weighted by atomic mass is 32.2. The van der Waals surface area contributed by atoms with Gasteiger partial charge in [0.2, 0.25) is 0 Å². The summed E-state index contributed by atoms with van der Waals surface area (Å²) < 4.78 is 26.3. The molecule has 0 amide bonds. The molecule has 27 heavy (non-hydrogen) atoms. The minimum Gasteiger partial charge on any atom is -0.467 e. The first kappa shape index (κ1) is 17.2. The van der Waals surface area contributed by atoms with Crippen LogP contribution in [0.5, 0.6) is 5.75 Å².